The molecule has 0 aliphatic heterocycles. The molecule has 0 unspecified atom stereocenters. The largest absolute Gasteiger partial charge is 0.435 e. The van der Waals surface area contributed by atoms with E-state index in [1.54, 1.807) is 0 Å². The van der Waals surface area contributed by atoms with E-state index in [0.29, 0.717) is 4.57 Å². The first-order chi connectivity index (χ1) is 14.6. The van der Waals surface area contributed by atoms with E-state index in [1.807, 2.05) is 0 Å². The molecule has 0 atom stereocenters. The molecule has 0 spiro atoms. The fourth-order valence-corrected chi connectivity index (χ4v) is 2.84. The van der Waals surface area contributed by atoms with Gasteiger partial charge in [-0.15, -0.1) is 0 Å². The van der Waals surface area contributed by atoms with Crippen molar-refractivity contribution >= 4 is 5.69 Å². The Labute approximate surface area is 172 Å². The maximum absolute atomic E-state index is 13.3. The minimum absolute atomic E-state index is 0.173. The Hall–Kier alpha value is -3.51. The highest BCUT2D eigenvalue weighted by Crippen LogP contribution is 2.39. The van der Waals surface area contributed by atoms with Gasteiger partial charge in [0.25, 0.3) is 5.56 Å². The molecule has 0 saturated heterocycles. The lowest BCUT2D eigenvalue weighted by molar-refractivity contribution is -0.143. The Morgan fingerprint density at radius 1 is 0.750 bits per heavy atom. The zero-order chi connectivity index (χ0) is 24.1. The molecule has 1 aromatic heterocycles. The van der Waals surface area contributed by atoms with Crippen LogP contribution in [0.3, 0.4) is 0 Å². The molecule has 4 nitrogen and oxygen atoms in total. The Morgan fingerprint density at radius 2 is 1.25 bits per heavy atom. The smallest absolute Gasteiger partial charge is 0.392 e. The molecule has 0 saturated carbocycles. The lowest BCUT2D eigenvalue weighted by atomic mass is 10.0. The van der Waals surface area contributed by atoms with Crippen LogP contribution < -0.4 is 11.3 Å². The van der Waals surface area contributed by atoms with Gasteiger partial charge in [-0.1, -0.05) is 18.2 Å². The molecule has 1 heterocycles. The second-order valence-corrected chi connectivity index (χ2v) is 6.47. The number of benzene rings is 2. The quantitative estimate of drug-likeness (QED) is 0.504. The number of aromatic nitrogens is 2. The van der Waals surface area contributed by atoms with Crippen molar-refractivity contribution in [1.29, 1.82) is 0 Å². The van der Waals surface area contributed by atoms with E-state index in [4.69, 9.17) is 5.73 Å². The predicted molar refractivity (Wildman–Crippen MR) is 94.7 cm³/mol. The van der Waals surface area contributed by atoms with Gasteiger partial charge in [-0.25, -0.2) is 4.98 Å². The average Bonchev–Trinajstić information content (AvgIpc) is 2.68. The van der Waals surface area contributed by atoms with Crippen LogP contribution in [0.2, 0.25) is 0 Å². The number of nitrogens with two attached hydrogens (primary N) is 1. The van der Waals surface area contributed by atoms with Gasteiger partial charge in [0.15, 0.2) is 5.69 Å². The molecule has 2 aromatic carbocycles. The molecular formula is C19H10F9N3O. The number of rotatable bonds is 2. The van der Waals surface area contributed by atoms with Crippen molar-refractivity contribution in [2.24, 2.45) is 0 Å². The Kier molecular flexibility index (Phi) is 5.48. The van der Waals surface area contributed by atoms with Crippen molar-refractivity contribution in [2.45, 2.75) is 18.5 Å². The van der Waals surface area contributed by atoms with E-state index in [1.165, 1.54) is 30.3 Å². The predicted octanol–water partition coefficient (Wildman–Crippen LogP) is 5.54. The van der Waals surface area contributed by atoms with Crippen molar-refractivity contribution in [3.8, 4) is 17.1 Å². The van der Waals surface area contributed by atoms with E-state index in [9.17, 15) is 44.3 Å². The summed E-state index contributed by atoms with van der Waals surface area (Å²) < 4.78 is 120. The molecule has 0 fully saturated rings. The van der Waals surface area contributed by atoms with Crippen LogP contribution in [-0.2, 0) is 18.5 Å². The second kappa shape index (κ2) is 7.57. The first kappa shape index (κ1) is 23.2. The van der Waals surface area contributed by atoms with Gasteiger partial charge in [-0.2, -0.15) is 39.5 Å². The van der Waals surface area contributed by atoms with Gasteiger partial charge in [-0.3, -0.25) is 9.36 Å². The highest BCUT2D eigenvalue weighted by molar-refractivity contribution is 5.64. The molecule has 32 heavy (non-hydrogen) atoms. The number of anilines is 1. The summed E-state index contributed by atoms with van der Waals surface area (Å²) in [4.78, 5) is 15.8. The number of hydrogen-bond donors (Lipinski definition) is 1. The van der Waals surface area contributed by atoms with E-state index in [0.717, 1.165) is 0 Å². The van der Waals surface area contributed by atoms with Crippen LogP contribution >= 0.6 is 0 Å². The average molecular weight is 467 g/mol. The highest BCUT2D eigenvalue weighted by Gasteiger charge is 2.40. The SMILES string of the molecule is Nc1c(C(F)(F)F)nc(-c2cc(C(F)(F)F)cc(C(F)(F)F)c2)n(-c2ccccc2)c1=O. The standard InChI is InChI=1S/C19H10F9N3O/c20-17(21,22)10-6-9(7-11(8-10)18(23,24)25)15-30-14(19(26,27)28)13(29)16(32)31(15)12-4-2-1-3-5-12/h1-8H,29H2. The van der Waals surface area contributed by atoms with Gasteiger partial charge in [0.1, 0.15) is 11.5 Å². The van der Waals surface area contributed by atoms with Crippen molar-refractivity contribution in [1.82, 2.24) is 9.55 Å². The normalized spacial score (nSPS) is 12.8. The molecule has 170 valence electrons. The van der Waals surface area contributed by atoms with Crippen LogP contribution in [0.1, 0.15) is 16.8 Å². The summed E-state index contributed by atoms with van der Waals surface area (Å²) in [7, 11) is 0. The first-order valence-electron chi connectivity index (χ1n) is 8.45. The molecule has 0 aliphatic carbocycles. The summed E-state index contributed by atoms with van der Waals surface area (Å²) in [5.74, 6) is -1.10. The molecule has 0 amide bonds. The number of nitrogens with zero attached hydrogens (tertiary/aromatic N) is 2. The topological polar surface area (TPSA) is 60.9 Å². The second-order valence-electron chi connectivity index (χ2n) is 6.47. The van der Waals surface area contributed by atoms with Gasteiger partial charge in [-0.05, 0) is 30.3 Å². The van der Waals surface area contributed by atoms with Crippen molar-refractivity contribution in [3.63, 3.8) is 0 Å². The van der Waals surface area contributed by atoms with Gasteiger partial charge in [0.05, 0.1) is 16.8 Å². The zero-order valence-corrected chi connectivity index (χ0v) is 15.4. The minimum atomic E-state index is -5.30. The van der Waals surface area contributed by atoms with Gasteiger partial charge < -0.3 is 5.73 Å². The van der Waals surface area contributed by atoms with Crippen molar-refractivity contribution in [2.75, 3.05) is 5.73 Å². The van der Waals surface area contributed by atoms with Crippen molar-refractivity contribution < 1.29 is 39.5 Å². The van der Waals surface area contributed by atoms with Crippen LogP contribution in [-0.4, -0.2) is 9.55 Å². The number of alkyl halides is 9. The summed E-state index contributed by atoms with van der Waals surface area (Å²) >= 11 is 0. The third kappa shape index (κ3) is 4.41. The molecule has 3 aromatic rings. The molecule has 0 radical (unpaired) electrons. The third-order valence-corrected chi connectivity index (χ3v) is 4.25. The molecule has 0 aliphatic rings. The molecule has 0 bridgehead atoms. The van der Waals surface area contributed by atoms with E-state index >= 15 is 0 Å². The van der Waals surface area contributed by atoms with Gasteiger partial charge in [0.2, 0.25) is 0 Å². The molecule has 13 heteroatoms. The lowest BCUT2D eigenvalue weighted by Gasteiger charge is -2.19. The number of hydrogen-bond acceptors (Lipinski definition) is 3. The monoisotopic (exact) mass is 467 g/mol. The summed E-state index contributed by atoms with van der Waals surface area (Å²) in [5, 5.41) is 0. The lowest BCUT2D eigenvalue weighted by Crippen LogP contribution is -2.29. The maximum Gasteiger partial charge on any atom is 0.435 e. The number of para-hydroxylation sites is 1. The summed E-state index contributed by atoms with van der Waals surface area (Å²) in [6.45, 7) is 0. The summed E-state index contributed by atoms with van der Waals surface area (Å²) in [6, 6.07) is 6.67. The molecule has 2 N–H and O–H groups in total. The highest BCUT2D eigenvalue weighted by atomic mass is 19.4. The van der Waals surface area contributed by atoms with Crippen LogP contribution in [0.4, 0.5) is 45.2 Å². The van der Waals surface area contributed by atoms with Gasteiger partial charge in [0, 0.05) is 5.56 Å². The zero-order valence-electron chi connectivity index (χ0n) is 15.4. The third-order valence-electron chi connectivity index (χ3n) is 4.25. The summed E-state index contributed by atoms with van der Waals surface area (Å²) in [5.41, 5.74) is -4.31. The van der Waals surface area contributed by atoms with Crippen molar-refractivity contribution in [3.05, 3.63) is 75.7 Å². The maximum atomic E-state index is 13.3. The number of nitrogen functional groups attached to an aromatic ring is 1. The minimum Gasteiger partial charge on any atom is -0.392 e. The fourth-order valence-electron chi connectivity index (χ4n) is 2.84. The van der Waals surface area contributed by atoms with Crippen LogP contribution in [0.15, 0.2) is 53.3 Å². The fraction of sp³-hybridized carbons (Fsp3) is 0.158. The molecular weight excluding hydrogens is 457 g/mol. The van der Waals surface area contributed by atoms with Crippen LogP contribution in [0.25, 0.3) is 17.1 Å². The van der Waals surface area contributed by atoms with E-state index < -0.39 is 58.0 Å². The van der Waals surface area contributed by atoms with Crippen LogP contribution in [0.5, 0.6) is 0 Å². The summed E-state index contributed by atoms with van der Waals surface area (Å²) in [6.07, 6.45) is -15.8. The Bertz CT molecular complexity index is 1180. The first-order valence-corrected chi connectivity index (χ1v) is 8.45. The molecule has 3 rings (SSSR count). The van der Waals surface area contributed by atoms with E-state index in [-0.39, 0.29) is 23.9 Å². The van der Waals surface area contributed by atoms with Gasteiger partial charge >= 0.3 is 18.5 Å². The Morgan fingerprint density at radius 3 is 1.69 bits per heavy atom. The Balaban J connectivity index is 2.49. The van der Waals surface area contributed by atoms with Crippen LogP contribution in [0, 0.1) is 0 Å². The number of halogens is 9. The van der Waals surface area contributed by atoms with E-state index in [2.05, 4.69) is 4.98 Å².